The molecule has 0 bridgehead atoms. The van der Waals surface area contributed by atoms with Crippen LogP contribution in [0.5, 0.6) is 11.5 Å². The maximum atomic E-state index is 6.65. The lowest BCUT2D eigenvalue weighted by atomic mass is 9.95. The Bertz CT molecular complexity index is 1420. The second kappa shape index (κ2) is 27.2. The van der Waals surface area contributed by atoms with Gasteiger partial charge in [0.2, 0.25) is 0 Å². The third-order valence-corrected chi connectivity index (χ3v) is 16.1. The monoisotopic (exact) mass is 942 g/mol. The Labute approximate surface area is 361 Å². The van der Waals surface area contributed by atoms with Gasteiger partial charge in [0, 0.05) is 12.1 Å². The summed E-state index contributed by atoms with van der Waals surface area (Å²) in [6, 6.07) is 4.28. The van der Waals surface area contributed by atoms with Crippen LogP contribution >= 0.6 is 77.2 Å². The van der Waals surface area contributed by atoms with Gasteiger partial charge >= 0.3 is 0 Å². The number of fused-ring (bicyclic) bond motifs is 1. The minimum Gasteiger partial charge on any atom is -0.492 e. The van der Waals surface area contributed by atoms with Crippen LogP contribution in [0, 0.1) is 11.8 Å². The molecule has 4 heterocycles. The van der Waals surface area contributed by atoms with Crippen molar-refractivity contribution in [2.75, 3.05) is 13.2 Å². The molecule has 0 aromatic carbocycles. The summed E-state index contributed by atoms with van der Waals surface area (Å²) in [6.07, 6.45) is 31.7. The van der Waals surface area contributed by atoms with Crippen molar-refractivity contribution in [3.63, 3.8) is 0 Å². The van der Waals surface area contributed by atoms with E-state index < -0.39 is 0 Å². The van der Waals surface area contributed by atoms with Crippen molar-refractivity contribution in [1.82, 2.24) is 9.97 Å². The molecule has 0 spiro atoms. The van der Waals surface area contributed by atoms with Gasteiger partial charge in [-0.3, -0.25) is 0 Å². The number of hydrogen-bond donors (Lipinski definition) is 0. The van der Waals surface area contributed by atoms with E-state index in [0.717, 1.165) is 61.7 Å². The first-order valence-electron chi connectivity index (χ1n) is 21.6. The predicted octanol–water partition coefficient (Wildman–Crippen LogP) is 18.2. The first kappa shape index (κ1) is 46.2. The molecular weight excluding hydrogens is 877 g/mol. The van der Waals surface area contributed by atoms with E-state index in [1.54, 1.807) is 45.3 Å². The summed E-state index contributed by atoms with van der Waals surface area (Å²) in [5.74, 6) is 3.13. The van der Waals surface area contributed by atoms with Crippen molar-refractivity contribution in [2.24, 2.45) is 11.8 Å². The highest BCUT2D eigenvalue weighted by molar-refractivity contribution is 9.11. The molecule has 4 aromatic rings. The maximum absolute atomic E-state index is 6.65. The summed E-state index contributed by atoms with van der Waals surface area (Å²) in [7, 11) is 0. The van der Waals surface area contributed by atoms with Gasteiger partial charge in [0.05, 0.1) is 20.8 Å². The van der Waals surface area contributed by atoms with E-state index in [9.17, 15) is 0 Å². The number of thiophene rings is 2. The fourth-order valence-corrected chi connectivity index (χ4v) is 12.5. The molecule has 0 aliphatic rings. The van der Waals surface area contributed by atoms with Crippen LogP contribution in [-0.2, 0) is 0 Å². The minimum absolute atomic E-state index is 0.608. The number of unbranched alkanes of at least 4 members (excludes halogenated alkanes) is 16. The largest absolute Gasteiger partial charge is 0.492 e. The number of halogens is 2. The second-order valence-corrected chi connectivity index (χ2v) is 22.1. The number of ether oxygens (including phenoxy) is 2. The van der Waals surface area contributed by atoms with Crippen molar-refractivity contribution >= 4 is 86.9 Å². The molecule has 4 aromatic heterocycles. The van der Waals surface area contributed by atoms with E-state index in [1.807, 2.05) is 0 Å². The van der Waals surface area contributed by atoms with Crippen molar-refractivity contribution < 1.29 is 9.47 Å². The van der Waals surface area contributed by atoms with Crippen LogP contribution in [0.25, 0.3) is 29.4 Å². The molecule has 0 saturated carbocycles. The van der Waals surface area contributed by atoms with Crippen LogP contribution in [0.3, 0.4) is 0 Å². The van der Waals surface area contributed by atoms with Crippen molar-refractivity contribution in [2.45, 2.75) is 182 Å². The smallest absolute Gasteiger partial charge is 0.155 e. The zero-order valence-corrected chi connectivity index (χ0v) is 40.2. The summed E-state index contributed by atoms with van der Waals surface area (Å²) >= 11 is 14.3. The third kappa shape index (κ3) is 16.4. The van der Waals surface area contributed by atoms with E-state index in [0.29, 0.717) is 11.8 Å². The van der Waals surface area contributed by atoms with Crippen LogP contribution < -0.4 is 9.47 Å². The Morgan fingerprint density at radius 3 is 1.13 bits per heavy atom. The average molecular weight is 945 g/mol. The van der Waals surface area contributed by atoms with Gasteiger partial charge in [-0.15, -0.1) is 22.7 Å². The normalized spacial score (nSPS) is 12.9. The standard InChI is InChI=1S/C44H68Br2N2O2S4/c1-5-9-13-17-19-23-27-33(25-21-15-11-7-3)31-49-35-29-37(45)51-39(35)41-47-43-44(53-41)48-42(54-43)40-36(30-38(46)52-40)50-32-34(26-22-16-12-8-4)28-24-20-18-14-10-6-2/h29-30,33-34H,5-28,31-32H2,1-4H3. The highest BCUT2D eigenvalue weighted by Crippen LogP contribution is 2.48. The number of hydrogen-bond acceptors (Lipinski definition) is 8. The molecule has 304 valence electrons. The molecule has 0 saturated heterocycles. The zero-order chi connectivity index (χ0) is 38.4. The summed E-state index contributed by atoms with van der Waals surface area (Å²) in [4.78, 5) is 14.5. The van der Waals surface area contributed by atoms with Gasteiger partial charge in [0.25, 0.3) is 0 Å². The maximum Gasteiger partial charge on any atom is 0.155 e. The molecule has 0 aliphatic carbocycles. The molecule has 2 unspecified atom stereocenters. The summed E-state index contributed by atoms with van der Waals surface area (Å²) in [5, 5.41) is 2.00. The Balaban J connectivity index is 1.39. The Morgan fingerprint density at radius 1 is 0.463 bits per heavy atom. The van der Waals surface area contributed by atoms with Crippen LogP contribution in [0.4, 0.5) is 0 Å². The van der Waals surface area contributed by atoms with Crippen molar-refractivity contribution in [3.05, 3.63) is 19.7 Å². The van der Waals surface area contributed by atoms with Gasteiger partial charge < -0.3 is 9.47 Å². The topological polar surface area (TPSA) is 44.2 Å². The van der Waals surface area contributed by atoms with Crippen LogP contribution in [0.1, 0.15) is 182 Å². The van der Waals surface area contributed by atoms with E-state index in [4.69, 9.17) is 19.4 Å². The molecule has 2 atom stereocenters. The first-order valence-corrected chi connectivity index (χ1v) is 26.4. The van der Waals surface area contributed by atoms with Gasteiger partial charge in [0.15, 0.2) is 9.66 Å². The minimum atomic E-state index is 0.608. The van der Waals surface area contributed by atoms with Gasteiger partial charge in [-0.05, 0) is 69.4 Å². The van der Waals surface area contributed by atoms with E-state index >= 15 is 0 Å². The third-order valence-electron chi connectivity index (χ3n) is 10.5. The molecule has 10 heteroatoms. The second-order valence-electron chi connectivity index (χ2n) is 15.3. The summed E-state index contributed by atoms with van der Waals surface area (Å²) in [6.45, 7) is 10.7. The molecule has 0 N–H and O–H groups in total. The summed E-state index contributed by atoms with van der Waals surface area (Å²) in [5.41, 5.74) is 0. The highest BCUT2D eigenvalue weighted by Gasteiger charge is 2.23. The van der Waals surface area contributed by atoms with Crippen LogP contribution in [0.2, 0.25) is 0 Å². The Morgan fingerprint density at radius 2 is 0.778 bits per heavy atom. The fourth-order valence-electron chi connectivity index (χ4n) is 7.22. The van der Waals surface area contributed by atoms with Gasteiger partial charge in [-0.2, -0.15) is 0 Å². The highest BCUT2D eigenvalue weighted by atomic mass is 79.9. The molecular formula is C44H68Br2N2O2S4. The van der Waals surface area contributed by atoms with Gasteiger partial charge in [0.1, 0.15) is 31.3 Å². The van der Waals surface area contributed by atoms with Crippen LogP contribution in [0.15, 0.2) is 19.7 Å². The molecule has 54 heavy (non-hydrogen) atoms. The molecule has 0 radical (unpaired) electrons. The summed E-state index contributed by atoms with van der Waals surface area (Å²) < 4.78 is 15.5. The van der Waals surface area contributed by atoms with E-state index in [2.05, 4.69) is 71.7 Å². The molecule has 4 nitrogen and oxygen atoms in total. The van der Waals surface area contributed by atoms with E-state index in [1.165, 1.54) is 154 Å². The van der Waals surface area contributed by atoms with Crippen LogP contribution in [-0.4, -0.2) is 23.2 Å². The Hall–Kier alpha value is -0.520. The quantitative estimate of drug-likeness (QED) is 0.0458. The lowest BCUT2D eigenvalue weighted by Crippen LogP contribution is -2.12. The lowest BCUT2D eigenvalue weighted by Gasteiger charge is -2.18. The SMILES string of the molecule is CCCCCCCCC(CCCCCC)COc1cc(Br)sc1-c1nc2sc(-c3sc(Br)cc3OCC(CCCCCC)CCCCCCCC)nc2s1. The average Bonchev–Trinajstić information content (AvgIpc) is 3.94. The van der Waals surface area contributed by atoms with Crippen molar-refractivity contribution in [1.29, 1.82) is 0 Å². The number of nitrogens with zero attached hydrogens (tertiary/aromatic N) is 2. The Kier molecular flexibility index (Phi) is 23.3. The molecule has 0 aliphatic heterocycles. The molecule has 4 rings (SSSR count). The lowest BCUT2D eigenvalue weighted by molar-refractivity contribution is 0.225. The van der Waals surface area contributed by atoms with E-state index in [-0.39, 0.29) is 0 Å². The number of thiazole rings is 2. The fraction of sp³-hybridized carbons (Fsp3) is 0.727. The number of rotatable bonds is 32. The first-order chi connectivity index (χ1) is 26.4. The molecule has 0 amide bonds. The van der Waals surface area contributed by atoms with Gasteiger partial charge in [-0.1, -0.05) is 179 Å². The predicted molar refractivity (Wildman–Crippen MR) is 249 cm³/mol. The zero-order valence-electron chi connectivity index (χ0n) is 33.8. The number of aromatic nitrogens is 2. The van der Waals surface area contributed by atoms with Gasteiger partial charge in [-0.25, -0.2) is 9.97 Å². The molecule has 0 fully saturated rings. The van der Waals surface area contributed by atoms with Crippen molar-refractivity contribution in [3.8, 4) is 31.3 Å².